The predicted molar refractivity (Wildman–Crippen MR) is 84.1 cm³/mol. The molecule has 0 aliphatic heterocycles. The minimum Gasteiger partial charge on any atom is -0.464 e. The highest BCUT2D eigenvalue weighted by Gasteiger charge is 2.18. The fourth-order valence-electron chi connectivity index (χ4n) is 2.45. The van der Waals surface area contributed by atoms with Crippen molar-refractivity contribution >= 4 is 26.9 Å². The zero-order valence-corrected chi connectivity index (χ0v) is 12.7. The Morgan fingerprint density at radius 3 is 2.81 bits per heavy atom. The van der Waals surface area contributed by atoms with E-state index >= 15 is 0 Å². The highest BCUT2D eigenvalue weighted by molar-refractivity contribution is 9.10. The summed E-state index contributed by atoms with van der Waals surface area (Å²) in [6, 6.07) is 12.6. The number of nitrogens with one attached hydrogen (secondary N) is 1. The lowest BCUT2D eigenvalue weighted by molar-refractivity contribution is 0.533. The van der Waals surface area contributed by atoms with Crippen LogP contribution >= 0.6 is 15.9 Å². The Kier molecular flexibility index (Phi) is 4.05. The van der Waals surface area contributed by atoms with Crippen molar-refractivity contribution in [1.82, 2.24) is 5.43 Å². The van der Waals surface area contributed by atoms with Crippen molar-refractivity contribution in [2.24, 2.45) is 5.84 Å². The second kappa shape index (κ2) is 5.97. The van der Waals surface area contributed by atoms with Crippen LogP contribution in [0.2, 0.25) is 0 Å². The molecule has 3 rings (SSSR count). The average Bonchev–Trinajstić information content (AvgIpc) is 2.93. The summed E-state index contributed by atoms with van der Waals surface area (Å²) in [4.78, 5) is 0. The minimum atomic E-state index is -0.277. The summed E-state index contributed by atoms with van der Waals surface area (Å²) in [7, 11) is 0. The van der Waals surface area contributed by atoms with Gasteiger partial charge in [-0.3, -0.25) is 11.3 Å². The molecule has 0 bridgehead atoms. The Bertz CT molecular complexity index is 772. The second-order valence-electron chi connectivity index (χ2n) is 4.82. The minimum absolute atomic E-state index is 0.160. The number of nitrogens with two attached hydrogens (primary N) is 1. The molecule has 3 aromatic rings. The van der Waals surface area contributed by atoms with Crippen molar-refractivity contribution in [1.29, 1.82) is 0 Å². The molecule has 0 spiro atoms. The van der Waals surface area contributed by atoms with Gasteiger partial charge in [0.15, 0.2) is 0 Å². The average molecular weight is 349 g/mol. The van der Waals surface area contributed by atoms with Crippen LogP contribution in [0.1, 0.15) is 17.2 Å². The van der Waals surface area contributed by atoms with Gasteiger partial charge in [0.25, 0.3) is 0 Å². The summed E-state index contributed by atoms with van der Waals surface area (Å²) < 4.78 is 19.6. The predicted octanol–water partition coefficient (Wildman–Crippen LogP) is 4.08. The van der Waals surface area contributed by atoms with E-state index in [1.165, 1.54) is 6.07 Å². The Labute approximate surface area is 130 Å². The Hall–Kier alpha value is -1.69. The zero-order valence-electron chi connectivity index (χ0n) is 11.1. The Morgan fingerprint density at radius 2 is 2.00 bits per heavy atom. The fourth-order valence-corrected chi connectivity index (χ4v) is 2.88. The molecule has 0 radical (unpaired) electrons. The molecule has 3 N–H and O–H groups in total. The zero-order chi connectivity index (χ0) is 14.8. The third kappa shape index (κ3) is 2.72. The number of rotatable bonds is 4. The van der Waals surface area contributed by atoms with Crippen LogP contribution in [0.25, 0.3) is 11.0 Å². The van der Waals surface area contributed by atoms with Crippen molar-refractivity contribution in [3.8, 4) is 0 Å². The van der Waals surface area contributed by atoms with Crippen LogP contribution in [0, 0.1) is 5.82 Å². The SMILES string of the molecule is NNC(Cc1cccc(F)c1Br)c1coc2ccccc12. The van der Waals surface area contributed by atoms with Gasteiger partial charge < -0.3 is 4.42 Å². The van der Waals surface area contributed by atoms with Crippen molar-refractivity contribution < 1.29 is 8.81 Å². The van der Waals surface area contributed by atoms with Gasteiger partial charge in [-0.15, -0.1) is 0 Å². The van der Waals surface area contributed by atoms with Gasteiger partial charge in [-0.1, -0.05) is 30.3 Å². The largest absolute Gasteiger partial charge is 0.464 e. The molecule has 5 heteroatoms. The number of halogens is 2. The molecule has 21 heavy (non-hydrogen) atoms. The first kappa shape index (κ1) is 14.3. The number of furan rings is 1. The standard InChI is InChI=1S/C16H14BrFN2O/c17-16-10(4-3-6-13(16)18)8-14(20-19)12-9-21-15-7-2-1-5-11(12)15/h1-7,9,14,20H,8,19H2. The number of para-hydroxylation sites is 1. The molecule has 1 heterocycles. The summed E-state index contributed by atoms with van der Waals surface area (Å²) in [5.74, 6) is 5.41. The highest BCUT2D eigenvalue weighted by Crippen LogP contribution is 2.30. The summed E-state index contributed by atoms with van der Waals surface area (Å²) in [5.41, 5.74) is 5.41. The summed E-state index contributed by atoms with van der Waals surface area (Å²) in [6.07, 6.45) is 2.25. The molecule has 3 nitrogen and oxygen atoms in total. The lowest BCUT2D eigenvalue weighted by Crippen LogP contribution is -2.29. The van der Waals surface area contributed by atoms with E-state index in [4.69, 9.17) is 10.3 Å². The van der Waals surface area contributed by atoms with E-state index in [0.29, 0.717) is 10.9 Å². The summed E-state index contributed by atoms with van der Waals surface area (Å²) >= 11 is 3.28. The maximum absolute atomic E-state index is 13.6. The van der Waals surface area contributed by atoms with E-state index in [0.717, 1.165) is 22.1 Å². The molecule has 0 fully saturated rings. The van der Waals surface area contributed by atoms with Gasteiger partial charge in [0.2, 0.25) is 0 Å². The first-order valence-corrected chi connectivity index (χ1v) is 7.35. The molecular weight excluding hydrogens is 335 g/mol. The van der Waals surface area contributed by atoms with E-state index in [-0.39, 0.29) is 11.9 Å². The van der Waals surface area contributed by atoms with Crippen molar-refractivity contribution in [3.05, 3.63) is 70.1 Å². The van der Waals surface area contributed by atoms with Crippen LogP contribution in [0.3, 0.4) is 0 Å². The number of hydrogen-bond donors (Lipinski definition) is 2. The summed E-state index contributed by atoms with van der Waals surface area (Å²) in [5, 5.41) is 1.01. The quantitative estimate of drug-likeness (QED) is 0.551. The monoisotopic (exact) mass is 348 g/mol. The lowest BCUT2D eigenvalue weighted by atomic mass is 9.99. The van der Waals surface area contributed by atoms with Gasteiger partial charge >= 0.3 is 0 Å². The van der Waals surface area contributed by atoms with Crippen molar-refractivity contribution in [2.75, 3.05) is 0 Å². The van der Waals surface area contributed by atoms with Crippen molar-refractivity contribution in [2.45, 2.75) is 12.5 Å². The molecule has 0 aliphatic rings. The molecule has 108 valence electrons. The maximum atomic E-state index is 13.6. The van der Waals surface area contributed by atoms with Gasteiger partial charge in [-0.25, -0.2) is 4.39 Å². The smallest absolute Gasteiger partial charge is 0.137 e. The number of hydrazine groups is 1. The normalized spacial score (nSPS) is 12.7. The Balaban J connectivity index is 1.97. The molecule has 0 aliphatic carbocycles. The number of benzene rings is 2. The second-order valence-corrected chi connectivity index (χ2v) is 5.62. The third-order valence-corrected chi connectivity index (χ3v) is 4.43. The van der Waals surface area contributed by atoms with Gasteiger partial charge in [0.05, 0.1) is 16.8 Å². The summed E-state index contributed by atoms with van der Waals surface area (Å²) in [6.45, 7) is 0. The van der Waals surface area contributed by atoms with Crippen LogP contribution in [-0.4, -0.2) is 0 Å². The molecular formula is C16H14BrFN2O. The Morgan fingerprint density at radius 1 is 1.19 bits per heavy atom. The van der Waals surface area contributed by atoms with Crippen LogP contribution in [0.5, 0.6) is 0 Å². The van der Waals surface area contributed by atoms with Crippen LogP contribution in [0.4, 0.5) is 4.39 Å². The molecule has 2 aromatic carbocycles. The third-order valence-electron chi connectivity index (χ3n) is 3.54. The first-order chi connectivity index (χ1) is 10.2. The maximum Gasteiger partial charge on any atom is 0.137 e. The van der Waals surface area contributed by atoms with E-state index in [2.05, 4.69) is 21.4 Å². The van der Waals surface area contributed by atoms with Crippen LogP contribution in [-0.2, 0) is 6.42 Å². The molecule has 1 aromatic heterocycles. The van der Waals surface area contributed by atoms with Gasteiger partial charge in [-0.05, 0) is 40.0 Å². The van der Waals surface area contributed by atoms with Gasteiger partial charge in [0.1, 0.15) is 11.4 Å². The molecule has 0 saturated carbocycles. The number of fused-ring (bicyclic) bond motifs is 1. The van der Waals surface area contributed by atoms with Gasteiger partial charge in [-0.2, -0.15) is 0 Å². The van der Waals surface area contributed by atoms with Crippen LogP contribution in [0.15, 0.2) is 57.6 Å². The molecule has 0 amide bonds. The van der Waals surface area contributed by atoms with E-state index < -0.39 is 0 Å². The van der Waals surface area contributed by atoms with Crippen molar-refractivity contribution in [3.63, 3.8) is 0 Å². The van der Waals surface area contributed by atoms with E-state index in [9.17, 15) is 4.39 Å². The molecule has 1 unspecified atom stereocenters. The molecule has 1 atom stereocenters. The van der Waals surface area contributed by atoms with Gasteiger partial charge in [0, 0.05) is 10.9 Å². The topological polar surface area (TPSA) is 51.2 Å². The number of hydrogen-bond acceptors (Lipinski definition) is 3. The lowest BCUT2D eigenvalue weighted by Gasteiger charge is -2.16. The highest BCUT2D eigenvalue weighted by atomic mass is 79.9. The first-order valence-electron chi connectivity index (χ1n) is 6.56. The van der Waals surface area contributed by atoms with Crippen LogP contribution < -0.4 is 11.3 Å². The fraction of sp³-hybridized carbons (Fsp3) is 0.125. The van der Waals surface area contributed by atoms with E-state index in [1.54, 1.807) is 12.3 Å². The molecule has 0 saturated heterocycles. The van der Waals surface area contributed by atoms with E-state index in [1.807, 2.05) is 30.3 Å².